The molecule has 3 amide bonds. The van der Waals surface area contributed by atoms with Gasteiger partial charge in [-0.25, -0.2) is 9.37 Å². The minimum Gasteiger partial charge on any atom is -0.439 e. The van der Waals surface area contributed by atoms with Gasteiger partial charge in [0.15, 0.2) is 0 Å². The molecule has 1 aliphatic carbocycles. The Labute approximate surface area is 234 Å². The summed E-state index contributed by atoms with van der Waals surface area (Å²) in [6.07, 6.45) is 3.39. The number of fused-ring (bicyclic) bond motifs is 1. The van der Waals surface area contributed by atoms with Gasteiger partial charge in [-0.2, -0.15) is 4.98 Å². The van der Waals surface area contributed by atoms with E-state index in [1.165, 1.54) is 29.2 Å². The molecule has 2 aliphatic rings. The predicted molar refractivity (Wildman–Crippen MR) is 150 cm³/mol. The van der Waals surface area contributed by atoms with Crippen molar-refractivity contribution in [1.82, 2.24) is 9.97 Å². The second kappa shape index (κ2) is 10.3. The summed E-state index contributed by atoms with van der Waals surface area (Å²) in [4.78, 5) is 47.2. The van der Waals surface area contributed by atoms with Gasteiger partial charge in [0.2, 0.25) is 29.5 Å². The van der Waals surface area contributed by atoms with Crippen molar-refractivity contribution in [2.24, 2.45) is 11.1 Å². The molecule has 1 fully saturated rings. The predicted octanol–water partition coefficient (Wildman–Crippen LogP) is 4.97. The number of nitrogens with two attached hydrogens (primary N) is 1. The largest absolute Gasteiger partial charge is 0.439 e. The standard InChI is InChI=1S/C30H25FN6O4/c31-19-2-5-21(6-3-19)37(28(40)30(14-15-30)27(32)39)22-7-9-23(10-8-22)41-26-13-16-33-29(36-26)34-20-4-11-24-18(17-20)1-12-25(38)35-24/h2-11,13,16-17H,1,12,14-15H2,(H2,32,39)(H,35,38)(H,33,34,36). The van der Waals surface area contributed by atoms with Crippen LogP contribution in [-0.2, 0) is 20.8 Å². The number of carbonyl (C=O) groups is 3. The van der Waals surface area contributed by atoms with E-state index < -0.39 is 23.0 Å². The van der Waals surface area contributed by atoms with E-state index in [9.17, 15) is 18.8 Å². The number of aryl methyl sites for hydroxylation is 1. The van der Waals surface area contributed by atoms with Crippen LogP contribution in [0.15, 0.2) is 79.0 Å². The molecule has 0 radical (unpaired) electrons. The monoisotopic (exact) mass is 552 g/mol. The van der Waals surface area contributed by atoms with Gasteiger partial charge in [0.1, 0.15) is 17.0 Å². The molecule has 3 aromatic carbocycles. The number of halogens is 1. The normalized spacial score (nSPS) is 14.8. The van der Waals surface area contributed by atoms with Gasteiger partial charge in [0, 0.05) is 41.4 Å². The maximum atomic E-state index is 13.6. The third-order valence-corrected chi connectivity index (χ3v) is 7.12. The van der Waals surface area contributed by atoms with Crippen LogP contribution in [0, 0.1) is 11.2 Å². The number of benzene rings is 3. The molecule has 0 atom stereocenters. The average molecular weight is 553 g/mol. The maximum Gasteiger partial charge on any atom is 0.247 e. The lowest BCUT2D eigenvalue weighted by atomic mass is 10.0. The minimum atomic E-state index is -1.26. The van der Waals surface area contributed by atoms with Crippen molar-refractivity contribution in [2.75, 3.05) is 15.5 Å². The summed E-state index contributed by atoms with van der Waals surface area (Å²) in [5, 5.41) is 6.01. The Hall–Kier alpha value is -5.32. The summed E-state index contributed by atoms with van der Waals surface area (Å²) in [6, 6.07) is 19.3. The molecule has 0 spiro atoms. The lowest BCUT2D eigenvalue weighted by molar-refractivity contribution is -0.133. The number of carbonyl (C=O) groups excluding carboxylic acids is 3. The third kappa shape index (κ3) is 5.29. The molecule has 11 heteroatoms. The number of hydrogen-bond donors (Lipinski definition) is 3. The Morgan fingerprint density at radius 3 is 2.37 bits per heavy atom. The molecule has 206 valence electrons. The third-order valence-electron chi connectivity index (χ3n) is 7.12. The van der Waals surface area contributed by atoms with Gasteiger partial charge in [-0.05, 0) is 91.6 Å². The van der Waals surface area contributed by atoms with Crippen molar-refractivity contribution < 1.29 is 23.5 Å². The molecule has 2 heterocycles. The van der Waals surface area contributed by atoms with Crippen LogP contribution in [0.5, 0.6) is 11.6 Å². The number of hydrogen-bond acceptors (Lipinski definition) is 7. The van der Waals surface area contributed by atoms with Gasteiger partial charge < -0.3 is 21.1 Å². The van der Waals surface area contributed by atoms with Crippen molar-refractivity contribution in [1.29, 1.82) is 0 Å². The SMILES string of the molecule is NC(=O)C1(C(=O)N(c2ccc(F)cc2)c2ccc(Oc3ccnc(Nc4ccc5c(c4)CCC(=O)N5)n3)cc2)CC1. The van der Waals surface area contributed by atoms with Crippen LogP contribution in [0.25, 0.3) is 0 Å². The van der Waals surface area contributed by atoms with Crippen LogP contribution in [-0.4, -0.2) is 27.7 Å². The van der Waals surface area contributed by atoms with Gasteiger partial charge in [-0.1, -0.05) is 0 Å². The van der Waals surface area contributed by atoms with Crippen molar-refractivity contribution >= 4 is 46.4 Å². The zero-order valence-electron chi connectivity index (χ0n) is 21.8. The van der Waals surface area contributed by atoms with Crippen molar-refractivity contribution in [3.05, 3.63) is 90.4 Å². The molecule has 4 aromatic rings. The molecular formula is C30H25FN6O4. The van der Waals surface area contributed by atoms with Crippen LogP contribution in [0.1, 0.15) is 24.8 Å². The van der Waals surface area contributed by atoms with Gasteiger partial charge in [-0.3, -0.25) is 19.3 Å². The highest BCUT2D eigenvalue weighted by Crippen LogP contribution is 2.49. The highest BCUT2D eigenvalue weighted by molar-refractivity contribution is 6.16. The van der Waals surface area contributed by atoms with E-state index >= 15 is 0 Å². The van der Waals surface area contributed by atoms with Gasteiger partial charge in [-0.15, -0.1) is 0 Å². The fourth-order valence-electron chi connectivity index (χ4n) is 4.71. The van der Waals surface area contributed by atoms with E-state index in [0.717, 1.165) is 16.9 Å². The van der Waals surface area contributed by atoms with Gasteiger partial charge in [0.05, 0.1) is 0 Å². The Morgan fingerprint density at radius 2 is 1.68 bits per heavy atom. The lowest BCUT2D eigenvalue weighted by Crippen LogP contribution is -2.41. The van der Waals surface area contributed by atoms with Crippen LogP contribution in [0.3, 0.4) is 0 Å². The molecule has 1 aromatic heterocycles. The van der Waals surface area contributed by atoms with E-state index in [0.29, 0.717) is 48.8 Å². The zero-order valence-corrected chi connectivity index (χ0v) is 21.8. The fraction of sp³-hybridized carbons (Fsp3) is 0.167. The van der Waals surface area contributed by atoms with E-state index in [4.69, 9.17) is 10.5 Å². The van der Waals surface area contributed by atoms with Crippen LogP contribution in [0.4, 0.5) is 33.1 Å². The summed E-state index contributed by atoms with van der Waals surface area (Å²) >= 11 is 0. The Bertz CT molecular complexity index is 1650. The number of nitrogens with one attached hydrogen (secondary N) is 2. The topological polar surface area (TPSA) is 140 Å². The first kappa shape index (κ1) is 25.9. The zero-order chi connectivity index (χ0) is 28.6. The number of aromatic nitrogens is 2. The second-order valence-electron chi connectivity index (χ2n) is 9.92. The number of ether oxygens (including phenoxy) is 1. The Balaban J connectivity index is 1.20. The highest BCUT2D eigenvalue weighted by Gasteiger charge is 2.57. The molecule has 0 saturated heterocycles. The Kier molecular flexibility index (Phi) is 6.54. The summed E-state index contributed by atoms with van der Waals surface area (Å²) in [6.45, 7) is 0. The highest BCUT2D eigenvalue weighted by atomic mass is 19.1. The maximum absolute atomic E-state index is 13.6. The smallest absolute Gasteiger partial charge is 0.247 e. The van der Waals surface area contributed by atoms with Crippen LogP contribution < -0.4 is 26.0 Å². The van der Waals surface area contributed by atoms with Gasteiger partial charge >= 0.3 is 0 Å². The fourth-order valence-corrected chi connectivity index (χ4v) is 4.71. The Morgan fingerprint density at radius 1 is 0.976 bits per heavy atom. The van der Waals surface area contributed by atoms with E-state index in [2.05, 4.69) is 20.6 Å². The summed E-state index contributed by atoms with van der Waals surface area (Å²) in [7, 11) is 0. The lowest BCUT2D eigenvalue weighted by Gasteiger charge is -2.26. The first-order chi connectivity index (χ1) is 19.8. The second-order valence-corrected chi connectivity index (χ2v) is 9.92. The van der Waals surface area contributed by atoms with E-state index in [1.807, 2.05) is 18.2 Å². The molecule has 41 heavy (non-hydrogen) atoms. The molecule has 1 saturated carbocycles. The first-order valence-corrected chi connectivity index (χ1v) is 13.0. The van der Waals surface area contributed by atoms with Crippen LogP contribution in [0.2, 0.25) is 0 Å². The first-order valence-electron chi connectivity index (χ1n) is 13.0. The molecule has 4 N–H and O–H groups in total. The number of nitrogens with zero attached hydrogens (tertiary/aromatic N) is 3. The quantitative estimate of drug-likeness (QED) is 0.262. The minimum absolute atomic E-state index is 0.00618. The number of rotatable bonds is 8. The van der Waals surface area contributed by atoms with Crippen molar-refractivity contribution in [2.45, 2.75) is 25.7 Å². The molecule has 6 rings (SSSR count). The molecule has 0 bridgehead atoms. The molecule has 1 aliphatic heterocycles. The van der Waals surface area contributed by atoms with Gasteiger partial charge in [0.25, 0.3) is 0 Å². The summed E-state index contributed by atoms with van der Waals surface area (Å²) in [5.41, 5.74) is 7.78. The number of amides is 3. The summed E-state index contributed by atoms with van der Waals surface area (Å²) < 4.78 is 19.5. The van der Waals surface area contributed by atoms with Crippen molar-refractivity contribution in [3.63, 3.8) is 0 Å². The number of primary amides is 1. The van der Waals surface area contributed by atoms with E-state index in [-0.39, 0.29) is 11.8 Å². The van der Waals surface area contributed by atoms with E-state index in [1.54, 1.807) is 36.5 Å². The molecule has 0 unspecified atom stereocenters. The number of anilines is 5. The molecular weight excluding hydrogens is 527 g/mol. The summed E-state index contributed by atoms with van der Waals surface area (Å²) in [5.74, 6) is -0.506. The molecule has 10 nitrogen and oxygen atoms in total. The van der Waals surface area contributed by atoms with Crippen LogP contribution >= 0.6 is 0 Å². The van der Waals surface area contributed by atoms with Crippen molar-refractivity contribution in [3.8, 4) is 11.6 Å². The average Bonchev–Trinajstić information content (AvgIpc) is 3.78.